The normalized spacial score (nSPS) is 10.5. The van der Waals surface area contributed by atoms with Gasteiger partial charge in [-0.25, -0.2) is 4.98 Å². The van der Waals surface area contributed by atoms with E-state index >= 15 is 0 Å². The van der Waals surface area contributed by atoms with E-state index in [4.69, 9.17) is 8.83 Å². The van der Waals surface area contributed by atoms with Gasteiger partial charge >= 0.3 is 0 Å². The van der Waals surface area contributed by atoms with Crippen LogP contribution in [0.4, 0.5) is 0 Å². The van der Waals surface area contributed by atoms with Crippen LogP contribution in [0, 0.1) is 0 Å². The van der Waals surface area contributed by atoms with E-state index in [-0.39, 0.29) is 0 Å². The van der Waals surface area contributed by atoms with Crippen molar-refractivity contribution in [2.45, 2.75) is 19.8 Å². The summed E-state index contributed by atoms with van der Waals surface area (Å²) < 4.78 is 10.4. The van der Waals surface area contributed by atoms with Crippen molar-refractivity contribution in [1.82, 2.24) is 4.98 Å². The van der Waals surface area contributed by atoms with Gasteiger partial charge in [-0.05, 0) is 11.6 Å². The first-order valence-electron chi connectivity index (χ1n) is 4.33. The Morgan fingerprint density at radius 1 is 1.38 bits per heavy atom. The second kappa shape index (κ2) is 3.47. The van der Waals surface area contributed by atoms with E-state index < -0.39 is 0 Å². The molecule has 3 nitrogen and oxygen atoms in total. The Kier molecular flexibility index (Phi) is 2.17. The molecule has 0 saturated carbocycles. The molecule has 2 heterocycles. The molecule has 0 bridgehead atoms. The summed E-state index contributed by atoms with van der Waals surface area (Å²) in [6.07, 6.45) is 6.61. The SMILES string of the molecule is CCc1cc(Cc2ncco2)co1. The maximum Gasteiger partial charge on any atom is 0.198 e. The summed E-state index contributed by atoms with van der Waals surface area (Å²) in [5.41, 5.74) is 1.11. The van der Waals surface area contributed by atoms with Gasteiger partial charge in [0.2, 0.25) is 0 Å². The van der Waals surface area contributed by atoms with Gasteiger partial charge in [0.15, 0.2) is 5.89 Å². The molecule has 0 aliphatic carbocycles. The number of rotatable bonds is 3. The molecular weight excluding hydrogens is 166 g/mol. The number of aromatic nitrogens is 1. The quantitative estimate of drug-likeness (QED) is 0.722. The predicted molar refractivity (Wildman–Crippen MR) is 47.4 cm³/mol. The lowest BCUT2D eigenvalue weighted by Crippen LogP contribution is -1.84. The molecule has 0 saturated heterocycles. The molecule has 0 N–H and O–H groups in total. The van der Waals surface area contributed by atoms with Crippen molar-refractivity contribution in [3.05, 3.63) is 42.0 Å². The summed E-state index contributed by atoms with van der Waals surface area (Å²) in [5.74, 6) is 1.73. The first-order chi connectivity index (χ1) is 6.38. The number of nitrogens with zero attached hydrogens (tertiary/aromatic N) is 1. The van der Waals surface area contributed by atoms with Crippen LogP contribution in [0.5, 0.6) is 0 Å². The Hall–Kier alpha value is -1.51. The van der Waals surface area contributed by atoms with Crippen molar-refractivity contribution in [1.29, 1.82) is 0 Å². The lowest BCUT2D eigenvalue weighted by molar-refractivity contribution is 0.499. The molecule has 2 aromatic heterocycles. The van der Waals surface area contributed by atoms with Crippen LogP contribution in [-0.2, 0) is 12.8 Å². The van der Waals surface area contributed by atoms with Crippen LogP contribution in [0.3, 0.4) is 0 Å². The van der Waals surface area contributed by atoms with Crippen molar-refractivity contribution in [3.8, 4) is 0 Å². The predicted octanol–water partition coefficient (Wildman–Crippen LogP) is 2.42. The fraction of sp³-hybridized carbons (Fsp3) is 0.300. The molecular formula is C10H11NO2. The van der Waals surface area contributed by atoms with E-state index in [1.807, 2.05) is 6.07 Å². The summed E-state index contributed by atoms with van der Waals surface area (Å²) >= 11 is 0. The maximum absolute atomic E-state index is 5.29. The average molecular weight is 177 g/mol. The largest absolute Gasteiger partial charge is 0.469 e. The van der Waals surface area contributed by atoms with Crippen LogP contribution in [0.2, 0.25) is 0 Å². The molecule has 0 unspecified atom stereocenters. The van der Waals surface area contributed by atoms with Crippen molar-refractivity contribution < 1.29 is 8.83 Å². The number of aryl methyl sites for hydroxylation is 1. The smallest absolute Gasteiger partial charge is 0.198 e. The molecule has 2 aromatic rings. The highest BCUT2D eigenvalue weighted by atomic mass is 16.3. The van der Waals surface area contributed by atoms with E-state index in [2.05, 4.69) is 11.9 Å². The zero-order chi connectivity index (χ0) is 9.10. The number of hydrogen-bond acceptors (Lipinski definition) is 3. The molecule has 0 aromatic carbocycles. The topological polar surface area (TPSA) is 39.2 Å². The summed E-state index contributed by atoms with van der Waals surface area (Å²) in [4.78, 5) is 4.04. The fourth-order valence-electron chi connectivity index (χ4n) is 1.22. The van der Waals surface area contributed by atoms with E-state index in [9.17, 15) is 0 Å². The van der Waals surface area contributed by atoms with Gasteiger partial charge in [-0.15, -0.1) is 0 Å². The number of hydrogen-bond donors (Lipinski definition) is 0. The highest BCUT2D eigenvalue weighted by molar-refractivity contribution is 5.16. The van der Waals surface area contributed by atoms with Crippen LogP contribution in [0.1, 0.15) is 24.1 Å². The van der Waals surface area contributed by atoms with E-state index in [0.29, 0.717) is 6.42 Å². The average Bonchev–Trinajstić information content (AvgIpc) is 2.76. The zero-order valence-corrected chi connectivity index (χ0v) is 7.49. The maximum atomic E-state index is 5.29. The third kappa shape index (κ3) is 1.80. The van der Waals surface area contributed by atoms with Crippen LogP contribution >= 0.6 is 0 Å². The standard InChI is InChI=1S/C10H11NO2/c1-2-9-5-8(7-13-9)6-10-11-3-4-12-10/h3-5,7H,2,6H2,1H3. The summed E-state index contributed by atoms with van der Waals surface area (Å²) in [7, 11) is 0. The second-order valence-electron chi connectivity index (χ2n) is 2.88. The van der Waals surface area contributed by atoms with E-state index in [1.54, 1.807) is 18.7 Å². The van der Waals surface area contributed by atoms with Gasteiger partial charge in [0.05, 0.1) is 18.9 Å². The van der Waals surface area contributed by atoms with Gasteiger partial charge in [-0.2, -0.15) is 0 Å². The monoisotopic (exact) mass is 177 g/mol. The molecule has 0 amide bonds. The Morgan fingerprint density at radius 3 is 2.92 bits per heavy atom. The Bertz CT molecular complexity index is 362. The lowest BCUT2D eigenvalue weighted by atomic mass is 10.2. The van der Waals surface area contributed by atoms with Gasteiger partial charge in [-0.1, -0.05) is 6.92 Å². The van der Waals surface area contributed by atoms with Gasteiger partial charge in [-0.3, -0.25) is 0 Å². The molecule has 13 heavy (non-hydrogen) atoms. The Balaban J connectivity index is 2.10. The fourth-order valence-corrected chi connectivity index (χ4v) is 1.22. The molecule has 0 spiro atoms. The molecule has 0 fully saturated rings. The molecule has 68 valence electrons. The molecule has 0 radical (unpaired) electrons. The van der Waals surface area contributed by atoms with Crippen molar-refractivity contribution in [3.63, 3.8) is 0 Å². The van der Waals surface area contributed by atoms with Gasteiger partial charge in [0, 0.05) is 6.42 Å². The van der Waals surface area contributed by atoms with Gasteiger partial charge < -0.3 is 8.83 Å². The number of furan rings is 1. The summed E-state index contributed by atoms with van der Waals surface area (Å²) in [6, 6.07) is 2.03. The van der Waals surface area contributed by atoms with Gasteiger partial charge in [0.1, 0.15) is 12.0 Å². The van der Waals surface area contributed by atoms with Crippen LogP contribution in [0.15, 0.2) is 33.6 Å². The summed E-state index contributed by atoms with van der Waals surface area (Å²) in [6.45, 7) is 2.06. The highest BCUT2D eigenvalue weighted by Gasteiger charge is 2.03. The lowest BCUT2D eigenvalue weighted by Gasteiger charge is -1.88. The first kappa shape index (κ1) is 8.10. The van der Waals surface area contributed by atoms with Crippen molar-refractivity contribution in [2.24, 2.45) is 0 Å². The summed E-state index contributed by atoms with van der Waals surface area (Å²) in [5, 5.41) is 0. The minimum atomic E-state index is 0.705. The van der Waals surface area contributed by atoms with E-state index in [0.717, 1.165) is 23.6 Å². The molecule has 0 aliphatic heterocycles. The minimum absolute atomic E-state index is 0.705. The Labute approximate surface area is 76.4 Å². The third-order valence-electron chi connectivity index (χ3n) is 1.90. The molecule has 0 atom stereocenters. The van der Waals surface area contributed by atoms with Gasteiger partial charge in [0.25, 0.3) is 0 Å². The second-order valence-corrected chi connectivity index (χ2v) is 2.88. The van der Waals surface area contributed by atoms with E-state index in [1.165, 1.54) is 0 Å². The molecule has 0 aliphatic rings. The minimum Gasteiger partial charge on any atom is -0.469 e. The Morgan fingerprint density at radius 2 is 2.31 bits per heavy atom. The molecule has 3 heteroatoms. The highest BCUT2D eigenvalue weighted by Crippen LogP contribution is 2.12. The zero-order valence-electron chi connectivity index (χ0n) is 7.49. The number of oxazole rings is 1. The van der Waals surface area contributed by atoms with Crippen LogP contribution in [0.25, 0.3) is 0 Å². The van der Waals surface area contributed by atoms with Crippen molar-refractivity contribution in [2.75, 3.05) is 0 Å². The first-order valence-corrected chi connectivity index (χ1v) is 4.33. The molecule has 2 rings (SSSR count). The van der Waals surface area contributed by atoms with Crippen LogP contribution < -0.4 is 0 Å². The van der Waals surface area contributed by atoms with Crippen molar-refractivity contribution >= 4 is 0 Å². The third-order valence-corrected chi connectivity index (χ3v) is 1.90. The van der Waals surface area contributed by atoms with Crippen LogP contribution in [-0.4, -0.2) is 4.98 Å².